The number of nitrogens with two attached hydrogens (primary N) is 1. The summed E-state index contributed by atoms with van der Waals surface area (Å²) in [5, 5.41) is 48.7. The van der Waals surface area contributed by atoms with Crippen LogP contribution in [0, 0.1) is 17.2 Å². The van der Waals surface area contributed by atoms with Crippen molar-refractivity contribution in [2.45, 2.75) is 55.6 Å². The molecule has 1 saturated carbocycles. The van der Waals surface area contributed by atoms with E-state index in [0.717, 1.165) is 6.42 Å². The lowest BCUT2D eigenvalue weighted by atomic mass is 9.72. The third-order valence-corrected chi connectivity index (χ3v) is 9.28. The van der Waals surface area contributed by atoms with Crippen LogP contribution >= 0.6 is 7.75 Å². The Morgan fingerprint density at radius 2 is 2.05 bits per heavy atom. The Kier molecular flexibility index (Phi) is 7.30. The van der Waals surface area contributed by atoms with Crippen LogP contribution in [-0.4, -0.2) is 66.3 Å². The van der Waals surface area contributed by atoms with Gasteiger partial charge in [0.15, 0.2) is 5.82 Å². The van der Waals surface area contributed by atoms with Crippen LogP contribution in [0.15, 0.2) is 48.8 Å². The molecule has 5 rings (SSSR count). The number of carboxylic acid groups (broad SMARTS) is 1. The highest BCUT2D eigenvalue weighted by atomic mass is 31.2. The fourth-order valence-electron chi connectivity index (χ4n) is 5.01. The molecule has 0 radical (unpaired) electrons. The molecule has 6 N–H and O–H groups in total. The van der Waals surface area contributed by atoms with Crippen LogP contribution in [0.4, 0.5) is 5.82 Å². The molecule has 40 heavy (non-hydrogen) atoms. The molecular weight excluding hydrogens is 543 g/mol. The number of nitrogens with one attached hydrogen (secondary N) is 1. The van der Waals surface area contributed by atoms with Crippen LogP contribution in [0.3, 0.4) is 0 Å². The molecule has 3 aromatic rings. The van der Waals surface area contributed by atoms with Crippen molar-refractivity contribution in [3.8, 4) is 11.8 Å². The van der Waals surface area contributed by atoms with Gasteiger partial charge in [-0.3, -0.25) is 9.32 Å². The van der Waals surface area contributed by atoms with Gasteiger partial charge in [0.25, 0.3) is 0 Å². The van der Waals surface area contributed by atoms with Crippen LogP contribution in [-0.2, 0) is 24.2 Å². The molecule has 0 bridgehead atoms. The SMILES string of the molecule is C[C@@](NP(=O)(OC[C@H]1O[C@@](C#N)(c2ccc3c(N)ncnn23)[C@H](O)[C@@H]1O)Oc1ccccc1)(C(=O)O)C1CCC1. The number of ether oxygens (including phenoxy) is 1. The first-order chi connectivity index (χ1) is 19.0. The molecule has 2 aromatic heterocycles. The number of carbonyl (C=O) groups is 1. The number of nitrogen functional groups attached to an aromatic ring is 1. The summed E-state index contributed by atoms with van der Waals surface area (Å²) in [7, 11) is -4.43. The van der Waals surface area contributed by atoms with Gasteiger partial charge in [-0.15, -0.1) is 0 Å². The summed E-state index contributed by atoms with van der Waals surface area (Å²) in [5.74, 6) is -1.27. The molecule has 1 aromatic carbocycles. The molecule has 1 aliphatic heterocycles. The van der Waals surface area contributed by atoms with E-state index in [0.29, 0.717) is 18.4 Å². The zero-order chi connectivity index (χ0) is 28.7. The minimum Gasteiger partial charge on any atom is -0.480 e. The Balaban J connectivity index is 1.42. The number of aliphatic carboxylic acids is 1. The monoisotopic (exact) mass is 572 g/mol. The first-order valence-corrected chi connectivity index (χ1v) is 14.1. The molecule has 1 unspecified atom stereocenters. The average molecular weight is 573 g/mol. The largest absolute Gasteiger partial charge is 0.480 e. The number of aromatic nitrogens is 3. The number of rotatable bonds is 10. The topological polar surface area (TPSA) is 215 Å². The van der Waals surface area contributed by atoms with E-state index in [1.54, 1.807) is 18.2 Å². The third-order valence-electron chi connectivity index (χ3n) is 7.60. The number of anilines is 1. The van der Waals surface area contributed by atoms with Crippen molar-refractivity contribution in [3.63, 3.8) is 0 Å². The van der Waals surface area contributed by atoms with Crippen LogP contribution in [0.2, 0.25) is 0 Å². The first kappa shape index (κ1) is 28.0. The quantitative estimate of drug-likeness (QED) is 0.218. The van der Waals surface area contributed by atoms with Crippen LogP contribution < -0.4 is 15.3 Å². The fourth-order valence-corrected chi connectivity index (χ4v) is 6.76. The molecule has 1 aliphatic carbocycles. The van der Waals surface area contributed by atoms with Gasteiger partial charge in [0.05, 0.1) is 12.3 Å². The number of carboxylic acids is 1. The molecule has 14 nitrogen and oxygen atoms in total. The number of aliphatic hydroxyl groups excluding tert-OH is 2. The number of hydrogen-bond donors (Lipinski definition) is 5. The van der Waals surface area contributed by atoms with Gasteiger partial charge in [0.1, 0.15) is 47.5 Å². The molecular formula is C25H29N6O8P. The van der Waals surface area contributed by atoms with Gasteiger partial charge in [-0.1, -0.05) is 24.6 Å². The maximum atomic E-state index is 14.0. The summed E-state index contributed by atoms with van der Waals surface area (Å²) in [6.45, 7) is 0.791. The number of nitriles is 1. The van der Waals surface area contributed by atoms with E-state index < -0.39 is 49.8 Å². The second kappa shape index (κ2) is 10.4. The maximum absolute atomic E-state index is 14.0. The Hall–Kier alpha value is -3.57. The lowest BCUT2D eigenvalue weighted by Crippen LogP contribution is -2.56. The number of nitrogens with zero attached hydrogens (tertiary/aromatic N) is 4. The molecule has 2 aliphatic rings. The lowest BCUT2D eigenvalue weighted by Gasteiger charge is -2.41. The maximum Gasteiger partial charge on any atom is 0.459 e. The van der Waals surface area contributed by atoms with E-state index in [-0.39, 0.29) is 23.2 Å². The molecule has 1 saturated heterocycles. The predicted octanol–water partition coefficient (Wildman–Crippen LogP) is 1.59. The number of para-hydroxylation sites is 1. The summed E-state index contributed by atoms with van der Waals surface area (Å²) >= 11 is 0. The van der Waals surface area contributed by atoms with Gasteiger partial charge >= 0.3 is 13.7 Å². The second-order valence-corrected chi connectivity index (χ2v) is 11.7. The minimum atomic E-state index is -4.43. The van der Waals surface area contributed by atoms with Crippen molar-refractivity contribution in [1.29, 1.82) is 5.26 Å². The van der Waals surface area contributed by atoms with Gasteiger partial charge in [0, 0.05) is 0 Å². The summed E-state index contributed by atoms with van der Waals surface area (Å²) in [6, 6.07) is 13.0. The van der Waals surface area contributed by atoms with E-state index in [1.807, 2.05) is 6.07 Å². The van der Waals surface area contributed by atoms with Crippen molar-refractivity contribution in [3.05, 3.63) is 54.5 Å². The van der Waals surface area contributed by atoms with E-state index in [1.165, 1.54) is 42.0 Å². The lowest BCUT2D eigenvalue weighted by molar-refractivity contribution is -0.147. The normalized spacial score (nSPS) is 27.8. The number of fused-ring (bicyclic) bond motifs is 1. The molecule has 0 amide bonds. The third kappa shape index (κ3) is 4.71. The Morgan fingerprint density at radius 1 is 1.32 bits per heavy atom. The van der Waals surface area contributed by atoms with Crippen molar-refractivity contribution < 1.29 is 38.5 Å². The summed E-state index contributed by atoms with van der Waals surface area (Å²) in [4.78, 5) is 16.2. The molecule has 2 fully saturated rings. The summed E-state index contributed by atoms with van der Waals surface area (Å²) < 4.78 is 32.5. The molecule has 0 spiro atoms. The Bertz CT molecular complexity index is 1490. The Morgan fingerprint density at radius 3 is 2.67 bits per heavy atom. The first-order valence-electron chi connectivity index (χ1n) is 12.6. The molecule has 212 valence electrons. The fraction of sp³-hybridized carbons (Fsp3) is 0.440. The highest BCUT2D eigenvalue weighted by Crippen LogP contribution is 2.51. The summed E-state index contributed by atoms with van der Waals surface area (Å²) in [6.07, 6.45) is -1.56. The average Bonchev–Trinajstić information content (AvgIpc) is 3.43. The zero-order valence-corrected chi connectivity index (χ0v) is 22.3. The summed E-state index contributed by atoms with van der Waals surface area (Å²) in [5.41, 5.74) is 2.58. The predicted molar refractivity (Wildman–Crippen MR) is 139 cm³/mol. The van der Waals surface area contributed by atoms with E-state index in [2.05, 4.69) is 15.2 Å². The van der Waals surface area contributed by atoms with Crippen LogP contribution in [0.1, 0.15) is 31.9 Å². The smallest absolute Gasteiger partial charge is 0.459 e. The number of hydrogen-bond acceptors (Lipinski definition) is 11. The second-order valence-electron chi connectivity index (χ2n) is 10.0. The number of benzene rings is 1. The molecule has 3 heterocycles. The van der Waals surface area contributed by atoms with Gasteiger partial charge in [-0.05, 0) is 49.9 Å². The highest BCUT2D eigenvalue weighted by Gasteiger charge is 2.58. The Labute approximate surface area is 228 Å². The minimum absolute atomic E-state index is 0.0819. The van der Waals surface area contributed by atoms with Crippen molar-refractivity contribution in [1.82, 2.24) is 19.7 Å². The molecule has 15 heteroatoms. The van der Waals surface area contributed by atoms with Gasteiger partial charge in [0.2, 0.25) is 5.60 Å². The van der Waals surface area contributed by atoms with E-state index in [4.69, 9.17) is 19.5 Å². The van der Waals surface area contributed by atoms with Crippen molar-refractivity contribution in [2.75, 3.05) is 12.3 Å². The van der Waals surface area contributed by atoms with Crippen molar-refractivity contribution in [2.24, 2.45) is 5.92 Å². The van der Waals surface area contributed by atoms with Crippen molar-refractivity contribution >= 4 is 25.1 Å². The zero-order valence-electron chi connectivity index (χ0n) is 21.5. The van der Waals surface area contributed by atoms with E-state index in [9.17, 15) is 29.9 Å². The molecule has 6 atom stereocenters. The standard InChI is InChI=1S/C25H29N6O8P/c1-24(23(34)35,15-6-5-7-15)30-40(36,39-16-8-3-2-4-9-16)37-12-18-20(32)21(33)25(13-26,38-18)19-11-10-17-22(27)28-14-29-31(17)19/h2-4,8-11,14-15,18,20-21,32-33H,5-7,12H2,1H3,(H,30,36)(H,34,35)(H2,27,28,29)/t18-,20-,21-,24+,25+,40?/m1/s1. The van der Waals surface area contributed by atoms with Crippen LogP contribution in [0.5, 0.6) is 5.75 Å². The van der Waals surface area contributed by atoms with Gasteiger partial charge < -0.3 is 30.3 Å². The number of aliphatic hydroxyl groups is 2. The highest BCUT2D eigenvalue weighted by molar-refractivity contribution is 7.52. The van der Waals surface area contributed by atoms with Gasteiger partial charge in [-0.25, -0.2) is 14.1 Å². The van der Waals surface area contributed by atoms with E-state index >= 15 is 0 Å². The van der Waals surface area contributed by atoms with Crippen LogP contribution in [0.25, 0.3) is 5.52 Å². The van der Waals surface area contributed by atoms with Gasteiger partial charge in [-0.2, -0.15) is 15.4 Å².